The lowest BCUT2D eigenvalue weighted by Crippen LogP contribution is -2.45. The Labute approximate surface area is 159 Å². The molecule has 2 aromatic rings. The fraction of sp³-hybridized carbons (Fsp3) is 0.450. The summed E-state index contributed by atoms with van der Waals surface area (Å²) >= 11 is 0. The van der Waals surface area contributed by atoms with Crippen molar-refractivity contribution >= 4 is 11.8 Å². The van der Waals surface area contributed by atoms with Crippen LogP contribution in [0.3, 0.4) is 0 Å². The van der Waals surface area contributed by atoms with Crippen LogP contribution in [0.5, 0.6) is 0 Å². The fourth-order valence-corrected chi connectivity index (χ4v) is 3.61. The number of likely N-dealkylation sites (tertiary alicyclic amines) is 1. The third-order valence-corrected chi connectivity index (χ3v) is 5.01. The summed E-state index contributed by atoms with van der Waals surface area (Å²) in [5.41, 5.74) is 1.02. The van der Waals surface area contributed by atoms with Gasteiger partial charge in [-0.05, 0) is 20.5 Å². The van der Waals surface area contributed by atoms with Crippen LogP contribution in [0.1, 0.15) is 12.2 Å². The SMILES string of the molecule is CNC(=O)C1(Cc2cc(-c3ccccc3)no2)CCN(C(=O)CN(C)C)C1. The molecule has 1 aliphatic heterocycles. The first-order valence-corrected chi connectivity index (χ1v) is 9.09. The number of rotatable bonds is 6. The van der Waals surface area contributed by atoms with Gasteiger partial charge in [0.1, 0.15) is 11.5 Å². The highest BCUT2D eigenvalue weighted by atomic mass is 16.5. The zero-order chi connectivity index (χ0) is 19.4. The van der Waals surface area contributed by atoms with E-state index in [-0.39, 0.29) is 11.8 Å². The van der Waals surface area contributed by atoms with Gasteiger partial charge in [0.05, 0.1) is 12.0 Å². The standard InChI is InChI=1S/C20H26N4O3/c1-21-19(26)20(9-10-24(14-20)18(25)13-23(2)3)12-16-11-17(22-27-16)15-7-5-4-6-8-15/h4-8,11H,9-10,12-14H2,1-3H3,(H,21,26). The number of hydrogen-bond acceptors (Lipinski definition) is 5. The molecule has 1 saturated heterocycles. The quantitative estimate of drug-likeness (QED) is 0.832. The van der Waals surface area contributed by atoms with E-state index in [4.69, 9.17) is 4.52 Å². The molecular weight excluding hydrogens is 344 g/mol. The van der Waals surface area contributed by atoms with Crippen LogP contribution in [0.4, 0.5) is 0 Å². The van der Waals surface area contributed by atoms with Crippen molar-refractivity contribution in [3.05, 3.63) is 42.2 Å². The Hall–Kier alpha value is -2.67. The molecule has 7 nitrogen and oxygen atoms in total. The maximum absolute atomic E-state index is 12.7. The molecule has 2 amide bonds. The smallest absolute Gasteiger partial charge is 0.236 e. The van der Waals surface area contributed by atoms with E-state index >= 15 is 0 Å². The summed E-state index contributed by atoms with van der Waals surface area (Å²) in [6.07, 6.45) is 1.02. The number of hydrogen-bond donors (Lipinski definition) is 1. The molecular formula is C20H26N4O3. The third-order valence-electron chi connectivity index (χ3n) is 5.01. The van der Waals surface area contributed by atoms with Crippen molar-refractivity contribution in [3.63, 3.8) is 0 Å². The van der Waals surface area contributed by atoms with E-state index in [1.165, 1.54) is 0 Å². The number of aromatic nitrogens is 1. The molecule has 1 atom stereocenters. The van der Waals surface area contributed by atoms with Gasteiger partial charge in [0.15, 0.2) is 0 Å². The average Bonchev–Trinajstić information content (AvgIpc) is 3.30. The van der Waals surface area contributed by atoms with Gasteiger partial charge >= 0.3 is 0 Å². The summed E-state index contributed by atoms with van der Waals surface area (Å²) in [5, 5.41) is 6.90. The first-order valence-electron chi connectivity index (χ1n) is 9.09. The van der Waals surface area contributed by atoms with Crippen LogP contribution >= 0.6 is 0 Å². The van der Waals surface area contributed by atoms with Crippen molar-refractivity contribution in [3.8, 4) is 11.3 Å². The molecule has 27 heavy (non-hydrogen) atoms. The molecule has 3 rings (SSSR count). The lowest BCUT2D eigenvalue weighted by molar-refractivity contribution is -0.133. The maximum Gasteiger partial charge on any atom is 0.236 e. The summed E-state index contributed by atoms with van der Waals surface area (Å²) < 4.78 is 5.52. The van der Waals surface area contributed by atoms with Gasteiger partial charge in [-0.15, -0.1) is 0 Å². The monoisotopic (exact) mass is 370 g/mol. The summed E-state index contributed by atoms with van der Waals surface area (Å²) in [6.45, 7) is 1.30. The van der Waals surface area contributed by atoms with Crippen LogP contribution in [-0.4, -0.2) is 67.5 Å². The topological polar surface area (TPSA) is 78.7 Å². The second-order valence-electron chi connectivity index (χ2n) is 7.38. The van der Waals surface area contributed by atoms with Gasteiger partial charge in [-0.25, -0.2) is 0 Å². The number of benzene rings is 1. The van der Waals surface area contributed by atoms with E-state index < -0.39 is 5.41 Å². The van der Waals surface area contributed by atoms with Crippen molar-refractivity contribution in [2.75, 3.05) is 40.8 Å². The normalized spacial score (nSPS) is 19.5. The highest BCUT2D eigenvalue weighted by Crippen LogP contribution is 2.35. The number of carbonyl (C=O) groups is 2. The van der Waals surface area contributed by atoms with Gasteiger partial charge in [0.25, 0.3) is 0 Å². The van der Waals surface area contributed by atoms with Crippen LogP contribution in [0.15, 0.2) is 40.9 Å². The van der Waals surface area contributed by atoms with E-state index in [0.29, 0.717) is 38.2 Å². The number of nitrogens with zero attached hydrogens (tertiary/aromatic N) is 3. The van der Waals surface area contributed by atoms with E-state index in [1.54, 1.807) is 11.9 Å². The predicted octanol–water partition coefficient (Wildman–Crippen LogP) is 1.41. The molecule has 2 heterocycles. The van der Waals surface area contributed by atoms with Gasteiger partial charge in [0.2, 0.25) is 11.8 Å². The minimum absolute atomic E-state index is 0.0355. The van der Waals surface area contributed by atoms with E-state index in [2.05, 4.69) is 10.5 Å². The number of nitrogens with one attached hydrogen (secondary N) is 1. The summed E-state index contributed by atoms with van der Waals surface area (Å²) in [5.74, 6) is 0.619. The average molecular weight is 370 g/mol. The molecule has 1 aromatic carbocycles. The number of carbonyl (C=O) groups excluding carboxylic acids is 2. The molecule has 0 saturated carbocycles. The van der Waals surface area contributed by atoms with Crippen molar-refractivity contribution in [2.45, 2.75) is 12.8 Å². The molecule has 1 aliphatic rings. The van der Waals surface area contributed by atoms with Crippen molar-refractivity contribution < 1.29 is 14.1 Å². The van der Waals surface area contributed by atoms with Crippen LogP contribution < -0.4 is 5.32 Å². The van der Waals surface area contributed by atoms with E-state index in [1.807, 2.05) is 55.4 Å². The van der Waals surface area contributed by atoms with Crippen LogP contribution in [0.25, 0.3) is 11.3 Å². The Morgan fingerprint density at radius 1 is 1.30 bits per heavy atom. The lowest BCUT2D eigenvalue weighted by atomic mass is 9.81. The minimum atomic E-state index is -0.690. The summed E-state index contributed by atoms with van der Waals surface area (Å²) in [4.78, 5) is 28.7. The van der Waals surface area contributed by atoms with Crippen LogP contribution in [0.2, 0.25) is 0 Å². The molecule has 1 fully saturated rings. The largest absolute Gasteiger partial charge is 0.361 e. The molecule has 1 unspecified atom stereocenters. The van der Waals surface area contributed by atoms with Crippen LogP contribution in [-0.2, 0) is 16.0 Å². The van der Waals surface area contributed by atoms with Gasteiger partial charge in [-0.3, -0.25) is 9.59 Å². The second-order valence-corrected chi connectivity index (χ2v) is 7.38. The molecule has 7 heteroatoms. The zero-order valence-corrected chi connectivity index (χ0v) is 16.1. The van der Waals surface area contributed by atoms with Gasteiger partial charge in [-0.2, -0.15) is 0 Å². The summed E-state index contributed by atoms with van der Waals surface area (Å²) in [7, 11) is 5.35. The van der Waals surface area contributed by atoms with Gasteiger partial charge in [-0.1, -0.05) is 35.5 Å². The maximum atomic E-state index is 12.7. The Morgan fingerprint density at radius 2 is 2.04 bits per heavy atom. The number of amides is 2. The molecule has 0 radical (unpaired) electrons. The van der Waals surface area contributed by atoms with Crippen molar-refractivity contribution in [2.24, 2.45) is 5.41 Å². The molecule has 144 valence electrons. The molecule has 1 N–H and O–H groups in total. The lowest BCUT2D eigenvalue weighted by Gasteiger charge is -2.26. The Balaban J connectivity index is 1.78. The Morgan fingerprint density at radius 3 is 2.70 bits per heavy atom. The molecule has 1 aromatic heterocycles. The highest BCUT2D eigenvalue weighted by molar-refractivity contribution is 5.86. The van der Waals surface area contributed by atoms with Crippen molar-refractivity contribution in [1.29, 1.82) is 0 Å². The van der Waals surface area contributed by atoms with E-state index in [9.17, 15) is 9.59 Å². The molecule has 0 aliphatic carbocycles. The Bertz CT molecular complexity index is 803. The second kappa shape index (κ2) is 7.92. The van der Waals surface area contributed by atoms with Gasteiger partial charge < -0.3 is 19.6 Å². The zero-order valence-electron chi connectivity index (χ0n) is 16.1. The first kappa shape index (κ1) is 19.1. The summed E-state index contributed by atoms with van der Waals surface area (Å²) in [6, 6.07) is 11.6. The molecule has 0 spiro atoms. The highest BCUT2D eigenvalue weighted by Gasteiger charge is 2.46. The van der Waals surface area contributed by atoms with E-state index in [0.717, 1.165) is 11.3 Å². The van der Waals surface area contributed by atoms with Crippen molar-refractivity contribution in [1.82, 2.24) is 20.3 Å². The predicted molar refractivity (Wildman–Crippen MR) is 102 cm³/mol. The van der Waals surface area contributed by atoms with Gasteiger partial charge in [0, 0.05) is 38.2 Å². The Kier molecular flexibility index (Phi) is 5.60. The first-order chi connectivity index (χ1) is 12.9. The third kappa shape index (κ3) is 4.19. The minimum Gasteiger partial charge on any atom is -0.361 e. The fourth-order valence-electron chi connectivity index (χ4n) is 3.61. The number of likely N-dealkylation sites (N-methyl/N-ethyl adjacent to an activating group) is 1. The van der Waals surface area contributed by atoms with Crippen LogP contribution in [0, 0.1) is 5.41 Å². The molecule has 0 bridgehead atoms.